The van der Waals surface area contributed by atoms with Crippen LogP contribution < -0.4 is 15.4 Å². The molecule has 1 saturated heterocycles. The van der Waals surface area contributed by atoms with E-state index in [2.05, 4.69) is 25.5 Å². The first kappa shape index (κ1) is 28.9. The Bertz CT molecular complexity index is 1620. The lowest BCUT2D eigenvalue weighted by Crippen LogP contribution is -2.50. The number of carbonyl (C=O) groups excluding carboxylic acids is 1. The molecule has 1 aliphatic carbocycles. The SMILES string of the molecule is O=C(O)CC(O)N1CCN(Cc2ccc(-c3cc4nccc(Oc5ccc(NC(=O)NC6CC6)cc5F)c4s3)nc2)CC1. The Morgan fingerprint density at radius 2 is 1.88 bits per heavy atom. The van der Waals surface area contributed by atoms with E-state index in [9.17, 15) is 19.1 Å². The number of nitrogens with zero attached hydrogens (tertiary/aromatic N) is 4. The molecule has 1 unspecified atom stereocenters. The number of carbonyl (C=O) groups is 2. The molecular weight excluding hydrogens is 575 g/mol. The molecule has 0 spiro atoms. The van der Waals surface area contributed by atoms with Gasteiger partial charge in [0, 0.05) is 69.0 Å². The summed E-state index contributed by atoms with van der Waals surface area (Å²) in [5, 5.41) is 24.4. The highest BCUT2D eigenvalue weighted by atomic mass is 32.1. The number of anilines is 1. The highest BCUT2D eigenvalue weighted by Crippen LogP contribution is 2.39. The number of aromatic nitrogens is 2. The highest BCUT2D eigenvalue weighted by Gasteiger charge is 2.25. The molecule has 1 aromatic carbocycles. The number of aliphatic hydroxyl groups is 1. The second-order valence-electron chi connectivity index (χ2n) is 10.7. The number of thiophene rings is 1. The van der Waals surface area contributed by atoms with Crippen LogP contribution in [0.15, 0.2) is 54.9 Å². The van der Waals surface area contributed by atoms with Crippen molar-refractivity contribution in [2.75, 3.05) is 31.5 Å². The first-order chi connectivity index (χ1) is 20.8. The van der Waals surface area contributed by atoms with Crippen LogP contribution in [0.1, 0.15) is 24.8 Å². The molecule has 1 saturated carbocycles. The lowest BCUT2D eigenvalue weighted by Gasteiger charge is -2.36. The summed E-state index contributed by atoms with van der Waals surface area (Å²) in [6, 6.07) is 11.8. The van der Waals surface area contributed by atoms with Gasteiger partial charge < -0.3 is 25.6 Å². The van der Waals surface area contributed by atoms with Crippen molar-refractivity contribution in [3.05, 3.63) is 66.2 Å². The van der Waals surface area contributed by atoms with Gasteiger partial charge in [-0.05, 0) is 42.7 Å². The van der Waals surface area contributed by atoms with Gasteiger partial charge in [-0.15, -0.1) is 11.3 Å². The number of ether oxygens (including phenoxy) is 1. The number of rotatable bonds is 10. The average Bonchev–Trinajstić information content (AvgIpc) is 3.68. The number of pyridine rings is 2. The van der Waals surface area contributed by atoms with Crippen LogP contribution in [-0.4, -0.2) is 80.4 Å². The summed E-state index contributed by atoms with van der Waals surface area (Å²) in [5.74, 6) is -1.10. The van der Waals surface area contributed by atoms with Crippen LogP contribution in [0.4, 0.5) is 14.9 Å². The van der Waals surface area contributed by atoms with Crippen LogP contribution in [-0.2, 0) is 11.3 Å². The van der Waals surface area contributed by atoms with Crippen LogP contribution in [0, 0.1) is 5.82 Å². The predicted molar refractivity (Wildman–Crippen MR) is 160 cm³/mol. The second-order valence-corrected chi connectivity index (χ2v) is 11.7. The fourth-order valence-corrected chi connectivity index (χ4v) is 5.95. The molecule has 3 aromatic heterocycles. The Hall–Kier alpha value is -4.17. The zero-order valence-electron chi connectivity index (χ0n) is 23.2. The Morgan fingerprint density at radius 3 is 2.58 bits per heavy atom. The van der Waals surface area contributed by atoms with Crippen molar-refractivity contribution < 1.29 is 28.9 Å². The number of halogens is 1. The summed E-state index contributed by atoms with van der Waals surface area (Å²) in [7, 11) is 0. The Balaban J connectivity index is 1.09. The molecule has 43 heavy (non-hydrogen) atoms. The van der Waals surface area contributed by atoms with Crippen LogP contribution in [0.3, 0.4) is 0 Å². The van der Waals surface area contributed by atoms with Crippen molar-refractivity contribution in [3.8, 4) is 22.1 Å². The van der Waals surface area contributed by atoms with Crippen LogP contribution >= 0.6 is 11.3 Å². The number of piperazine rings is 1. The molecule has 2 aliphatic rings. The van der Waals surface area contributed by atoms with Crippen molar-refractivity contribution >= 4 is 39.2 Å². The molecule has 2 amide bonds. The Kier molecular flexibility index (Phi) is 8.47. The Morgan fingerprint density at radius 1 is 1.07 bits per heavy atom. The molecule has 224 valence electrons. The van der Waals surface area contributed by atoms with Gasteiger partial charge in [-0.25, -0.2) is 9.18 Å². The van der Waals surface area contributed by atoms with Crippen molar-refractivity contribution in [2.24, 2.45) is 0 Å². The standard InChI is InChI=1S/C30H31FN6O5S/c31-21-13-20(35-30(41)34-19-2-3-19)4-6-24(21)42-25-7-8-32-23-14-26(43-29(23)25)22-5-1-18(16-33-22)17-36-9-11-37(12-10-36)27(38)15-28(39)40/h1,4-8,13-14,16,19,27,38H,2-3,9-12,15,17H2,(H,39,40)(H2,34,35,41). The number of benzene rings is 1. The minimum absolute atomic E-state index is 0.0373. The summed E-state index contributed by atoms with van der Waals surface area (Å²) in [6.07, 6.45) is 4.13. The first-order valence-corrected chi connectivity index (χ1v) is 14.9. The number of carboxylic acid groups (broad SMARTS) is 1. The Labute approximate surface area is 250 Å². The maximum atomic E-state index is 14.9. The topological polar surface area (TPSA) is 140 Å². The third kappa shape index (κ3) is 7.25. The summed E-state index contributed by atoms with van der Waals surface area (Å²) < 4.78 is 21.6. The van der Waals surface area contributed by atoms with E-state index in [-0.39, 0.29) is 24.2 Å². The zero-order chi connectivity index (χ0) is 29.9. The lowest BCUT2D eigenvalue weighted by atomic mass is 10.2. The van der Waals surface area contributed by atoms with Gasteiger partial charge in [0.15, 0.2) is 11.6 Å². The largest absolute Gasteiger partial charge is 0.481 e. The number of amides is 2. The van der Waals surface area contributed by atoms with Crippen LogP contribution in [0.25, 0.3) is 20.8 Å². The molecule has 0 bridgehead atoms. The van der Waals surface area contributed by atoms with Gasteiger partial charge in [0.2, 0.25) is 0 Å². The maximum Gasteiger partial charge on any atom is 0.319 e. The van der Waals surface area contributed by atoms with Gasteiger partial charge >= 0.3 is 12.0 Å². The van der Waals surface area contributed by atoms with Crippen LogP contribution in [0.5, 0.6) is 11.5 Å². The summed E-state index contributed by atoms with van der Waals surface area (Å²) in [4.78, 5) is 36.9. The minimum atomic E-state index is -1.01. The fourth-order valence-electron chi connectivity index (χ4n) is 4.91. The molecule has 1 aliphatic heterocycles. The molecule has 4 heterocycles. The number of aliphatic hydroxyl groups excluding tert-OH is 1. The molecule has 11 nitrogen and oxygen atoms in total. The molecule has 4 aromatic rings. The van der Waals surface area contributed by atoms with E-state index in [4.69, 9.17) is 9.84 Å². The molecule has 2 fully saturated rings. The van der Waals surface area contributed by atoms with Crippen LogP contribution in [0.2, 0.25) is 0 Å². The normalized spacial score (nSPS) is 16.6. The number of urea groups is 1. The third-order valence-corrected chi connectivity index (χ3v) is 8.53. The minimum Gasteiger partial charge on any atom is -0.481 e. The van der Waals surface area contributed by atoms with E-state index in [0.29, 0.717) is 36.6 Å². The molecule has 0 radical (unpaired) electrons. The van der Waals surface area contributed by atoms with E-state index >= 15 is 0 Å². The fraction of sp³-hybridized carbons (Fsp3) is 0.333. The molecule has 4 N–H and O–H groups in total. The number of hydrogen-bond donors (Lipinski definition) is 4. The van der Waals surface area contributed by atoms with Gasteiger partial charge in [-0.1, -0.05) is 6.07 Å². The summed E-state index contributed by atoms with van der Waals surface area (Å²) in [6.45, 7) is 3.34. The van der Waals surface area contributed by atoms with Crippen molar-refractivity contribution in [2.45, 2.75) is 38.1 Å². The number of hydrogen-bond acceptors (Lipinski definition) is 9. The van der Waals surface area contributed by atoms with Gasteiger partial charge in [-0.2, -0.15) is 0 Å². The van der Waals surface area contributed by atoms with Gasteiger partial charge in [0.1, 0.15) is 12.0 Å². The van der Waals surface area contributed by atoms with E-state index in [1.807, 2.05) is 24.4 Å². The van der Waals surface area contributed by atoms with Gasteiger partial charge in [0.05, 0.1) is 27.2 Å². The molecule has 6 rings (SSSR count). The van der Waals surface area contributed by atoms with E-state index < -0.39 is 18.0 Å². The maximum absolute atomic E-state index is 14.9. The summed E-state index contributed by atoms with van der Waals surface area (Å²) >= 11 is 1.45. The average molecular weight is 607 g/mol. The lowest BCUT2D eigenvalue weighted by molar-refractivity contribution is -0.143. The molecular formula is C30H31FN6O5S. The number of carboxylic acids is 1. The number of fused-ring (bicyclic) bond motifs is 1. The first-order valence-electron chi connectivity index (χ1n) is 14.1. The number of nitrogens with one attached hydrogen (secondary N) is 2. The van der Waals surface area contributed by atoms with E-state index in [1.54, 1.807) is 23.2 Å². The third-order valence-electron chi connectivity index (χ3n) is 7.37. The van der Waals surface area contributed by atoms with E-state index in [1.165, 1.54) is 23.5 Å². The van der Waals surface area contributed by atoms with Crippen molar-refractivity contribution in [1.82, 2.24) is 25.1 Å². The monoisotopic (exact) mass is 606 g/mol. The van der Waals surface area contributed by atoms with Crippen molar-refractivity contribution in [3.63, 3.8) is 0 Å². The number of aliphatic carboxylic acids is 1. The molecule has 13 heteroatoms. The van der Waals surface area contributed by atoms with Gasteiger partial charge in [-0.3, -0.25) is 24.6 Å². The van der Waals surface area contributed by atoms with E-state index in [0.717, 1.165) is 46.8 Å². The summed E-state index contributed by atoms with van der Waals surface area (Å²) in [5.41, 5.74) is 2.88. The zero-order valence-corrected chi connectivity index (χ0v) is 24.0. The smallest absolute Gasteiger partial charge is 0.319 e. The van der Waals surface area contributed by atoms with Gasteiger partial charge in [0.25, 0.3) is 0 Å². The second kappa shape index (κ2) is 12.6. The highest BCUT2D eigenvalue weighted by molar-refractivity contribution is 7.22. The molecule has 1 atom stereocenters. The predicted octanol–water partition coefficient (Wildman–Crippen LogP) is 4.48. The quantitative estimate of drug-likeness (QED) is 0.206. The van der Waals surface area contributed by atoms with Crippen molar-refractivity contribution in [1.29, 1.82) is 0 Å².